The van der Waals surface area contributed by atoms with Crippen LogP contribution in [0, 0.1) is 22.7 Å². The van der Waals surface area contributed by atoms with Gasteiger partial charge in [-0.25, -0.2) is 19.2 Å². The molecular weight excluding hydrogens is 765 g/mol. The number of nitrogens with zero attached hydrogens (tertiary/aromatic N) is 4. The molecule has 0 amide bonds. The van der Waals surface area contributed by atoms with Crippen molar-refractivity contribution in [2.45, 2.75) is 64.7 Å². The Morgan fingerprint density at radius 2 is 1.00 bits per heavy atom. The van der Waals surface area contributed by atoms with E-state index < -0.39 is 23.9 Å². The summed E-state index contributed by atoms with van der Waals surface area (Å²) in [5.74, 6) is -3.59. The Labute approximate surface area is 346 Å². The first-order valence-electron chi connectivity index (χ1n) is 19.5. The number of esters is 4. The van der Waals surface area contributed by atoms with Crippen molar-refractivity contribution in [3.05, 3.63) is 131 Å². The van der Waals surface area contributed by atoms with Gasteiger partial charge in [0.25, 0.3) is 0 Å². The molecule has 0 spiro atoms. The third-order valence-corrected chi connectivity index (χ3v) is 9.49. The van der Waals surface area contributed by atoms with Crippen molar-refractivity contribution in [2.75, 3.05) is 13.2 Å². The van der Waals surface area contributed by atoms with Gasteiger partial charge in [0, 0.05) is 48.3 Å². The maximum absolute atomic E-state index is 13.6. The van der Waals surface area contributed by atoms with Gasteiger partial charge in [-0.05, 0) is 99.2 Å². The van der Waals surface area contributed by atoms with Crippen molar-refractivity contribution in [3.63, 3.8) is 0 Å². The number of carbonyl (C=O) groups is 4. The Hall–Kier alpha value is -7.26. The number of aromatic nitrogens is 2. The van der Waals surface area contributed by atoms with Crippen LogP contribution in [0.5, 0.6) is 11.5 Å². The zero-order chi connectivity index (χ0) is 42.8. The molecule has 2 aromatic heterocycles. The SMILES string of the molecule is C[C@@H](N)Cc1cc(C#N)c2c(c1)c(OC(=O)C(=O)Oc1cn(CCCOC(=O)c3ccccc3)c3c(C#N)cc(C[C@@H](C)N)cc13)cn2CCCOC(=O)c1ccccc1. The zero-order valence-electron chi connectivity index (χ0n) is 33.3. The van der Waals surface area contributed by atoms with Gasteiger partial charge in [0.05, 0.1) is 46.5 Å². The van der Waals surface area contributed by atoms with Crippen LogP contribution >= 0.6 is 0 Å². The number of ether oxygens (including phenoxy) is 4. The van der Waals surface area contributed by atoms with Crippen LogP contribution in [0.3, 0.4) is 0 Å². The Balaban J connectivity index is 1.24. The molecule has 6 aromatic rings. The lowest BCUT2D eigenvalue weighted by molar-refractivity contribution is -0.156. The fraction of sp³-hybridized carbons (Fsp3) is 0.261. The molecule has 0 aliphatic heterocycles. The number of aryl methyl sites for hydroxylation is 2. The van der Waals surface area contributed by atoms with E-state index >= 15 is 0 Å². The summed E-state index contributed by atoms with van der Waals surface area (Å²) in [4.78, 5) is 52.1. The zero-order valence-corrected chi connectivity index (χ0v) is 33.3. The van der Waals surface area contributed by atoms with Crippen LogP contribution in [0.15, 0.2) is 97.3 Å². The lowest BCUT2D eigenvalue weighted by Gasteiger charge is -2.10. The van der Waals surface area contributed by atoms with Crippen LogP contribution in [0.1, 0.15) is 69.7 Å². The van der Waals surface area contributed by atoms with E-state index in [1.165, 1.54) is 12.4 Å². The number of hydrogen-bond acceptors (Lipinski definition) is 12. The van der Waals surface area contributed by atoms with E-state index in [-0.39, 0.29) is 49.9 Å². The highest BCUT2D eigenvalue weighted by Gasteiger charge is 2.26. The molecule has 2 heterocycles. The predicted molar refractivity (Wildman–Crippen MR) is 222 cm³/mol. The second-order valence-corrected chi connectivity index (χ2v) is 14.5. The minimum absolute atomic E-state index is 0.00900. The highest BCUT2D eigenvalue weighted by Crippen LogP contribution is 2.35. The number of nitriles is 2. The number of fused-ring (bicyclic) bond motifs is 2. The van der Waals surface area contributed by atoms with E-state index in [1.807, 2.05) is 13.8 Å². The van der Waals surface area contributed by atoms with E-state index in [0.717, 1.165) is 11.1 Å². The van der Waals surface area contributed by atoms with Gasteiger partial charge < -0.3 is 39.5 Å². The molecule has 0 bridgehead atoms. The lowest BCUT2D eigenvalue weighted by Crippen LogP contribution is -2.25. The number of nitrogens with two attached hydrogens (primary N) is 2. The van der Waals surface area contributed by atoms with E-state index in [9.17, 15) is 29.7 Å². The van der Waals surface area contributed by atoms with Crippen molar-refractivity contribution in [1.82, 2.24) is 9.13 Å². The maximum Gasteiger partial charge on any atom is 0.423 e. The highest BCUT2D eigenvalue weighted by molar-refractivity contribution is 6.31. The first-order chi connectivity index (χ1) is 28.9. The highest BCUT2D eigenvalue weighted by atomic mass is 16.6. The van der Waals surface area contributed by atoms with Crippen molar-refractivity contribution in [1.29, 1.82) is 10.5 Å². The molecule has 4 N–H and O–H groups in total. The predicted octanol–water partition coefficient (Wildman–Crippen LogP) is 6.12. The van der Waals surface area contributed by atoms with Gasteiger partial charge >= 0.3 is 23.9 Å². The molecule has 60 heavy (non-hydrogen) atoms. The molecule has 0 saturated carbocycles. The van der Waals surface area contributed by atoms with Crippen LogP contribution in [0.2, 0.25) is 0 Å². The Kier molecular flexibility index (Phi) is 13.7. The molecule has 306 valence electrons. The van der Waals surface area contributed by atoms with E-state index in [2.05, 4.69) is 12.1 Å². The van der Waals surface area contributed by atoms with Gasteiger partial charge in [-0.15, -0.1) is 0 Å². The van der Waals surface area contributed by atoms with E-state index in [1.54, 1.807) is 94.1 Å². The lowest BCUT2D eigenvalue weighted by atomic mass is 10.0. The summed E-state index contributed by atoms with van der Waals surface area (Å²) >= 11 is 0. The number of rotatable bonds is 16. The smallest absolute Gasteiger partial charge is 0.423 e. The Bertz CT molecular complexity index is 2440. The molecule has 4 aromatic carbocycles. The topological polar surface area (TPSA) is 215 Å². The fourth-order valence-electron chi connectivity index (χ4n) is 7.00. The Morgan fingerprint density at radius 1 is 0.617 bits per heavy atom. The molecule has 0 fully saturated rings. The molecule has 0 aliphatic rings. The van der Waals surface area contributed by atoms with Crippen LogP contribution in [0.4, 0.5) is 0 Å². The molecular formula is C46H44N6O8. The summed E-state index contributed by atoms with van der Waals surface area (Å²) in [7, 11) is 0. The summed E-state index contributed by atoms with van der Waals surface area (Å²) in [6.07, 6.45) is 4.60. The number of benzene rings is 4. The van der Waals surface area contributed by atoms with Gasteiger partial charge in [0.15, 0.2) is 11.5 Å². The summed E-state index contributed by atoms with van der Waals surface area (Å²) in [6.45, 7) is 4.35. The number of carbonyl (C=O) groups excluding carboxylic acids is 4. The quantitative estimate of drug-likeness (QED) is 0.0642. The first-order valence-corrected chi connectivity index (χ1v) is 19.5. The first kappa shape index (κ1) is 42.3. The standard InChI is InChI=1S/C46H44N6O8/c1-29(49)19-31-21-35(25-47)41-37(23-31)39(27-51(41)15-9-17-57-43(53)33-11-5-3-6-12-33)59-45(55)46(56)60-40-28-52(16-10-18-58-44(54)34-13-7-4-8-14-34)42-36(26-48)22-32(20-30(2)50)24-38(40)42/h3-8,11-14,21-24,27-30H,9-10,15-20,49-50H2,1-2H3/t29-,30-/m1/s1. The maximum atomic E-state index is 13.6. The fourth-order valence-corrected chi connectivity index (χ4v) is 7.00. The van der Waals surface area contributed by atoms with Crippen LogP contribution in [-0.4, -0.2) is 58.3 Å². The normalized spacial score (nSPS) is 12.0. The molecule has 14 heteroatoms. The van der Waals surface area contributed by atoms with Crippen molar-refractivity contribution >= 4 is 45.7 Å². The molecule has 0 aliphatic carbocycles. The molecule has 6 rings (SSSR count). The van der Waals surface area contributed by atoms with Crippen molar-refractivity contribution < 1.29 is 38.1 Å². The van der Waals surface area contributed by atoms with Gasteiger partial charge in [-0.3, -0.25) is 0 Å². The van der Waals surface area contributed by atoms with Crippen molar-refractivity contribution in [3.8, 4) is 23.6 Å². The number of hydrogen-bond donors (Lipinski definition) is 2. The van der Waals surface area contributed by atoms with E-state index in [4.69, 9.17) is 30.4 Å². The minimum Gasteiger partial charge on any atom is -0.462 e. The molecule has 0 saturated heterocycles. The van der Waals surface area contributed by atoms with Gasteiger partial charge in [0.2, 0.25) is 0 Å². The summed E-state index contributed by atoms with van der Waals surface area (Å²) < 4.78 is 25.7. The average molecular weight is 809 g/mol. The summed E-state index contributed by atoms with van der Waals surface area (Å²) in [5, 5.41) is 21.1. The van der Waals surface area contributed by atoms with Crippen LogP contribution in [-0.2, 0) is 45.0 Å². The van der Waals surface area contributed by atoms with Crippen LogP contribution < -0.4 is 20.9 Å². The average Bonchev–Trinajstić information content (AvgIpc) is 3.76. The second-order valence-electron chi connectivity index (χ2n) is 14.5. The summed E-state index contributed by atoms with van der Waals surface area (Å²) in [6, 6.07) is 28.1. The second kappa shape index (κ2) is 19.5. The molecule has 0 radical (unpaired) electrons. The van der Waals surface area contributed by atoms with Crippen molar-refractivity contribution in [2.24, 2.45) is 11.5 Å². The molecule has 2 atom stereocenters. The third-order valence-electron chi connectivity index (χ3n) is 9.49. The van der Waals surface area contributed by atoms with Gasteiger partial charge in [-0.1, -0.05) is 36.4 Å². The monoisotopic (exact) mass is 808 g/mol. The van der Waals surface area contributed by atoms with Gasteiger partial charge in [0.1, 0.15) is 12.1 Å². The van der Waals surface area contributed by atoms with Gasteiger partial charge in [-0.2, -0.15) is 10.5 Å². The Morgan fingerprint density at radius 3 is 1.35 bits per heavy atom. The minimum atomic E-state index is -1.33. The van der Waals surface area contributed by atoms with Crippen LogP contribution in [0.25, 0.3) is 21.8 Å². The third kappa shape index (κ3) is 10.2. The largest absolute Gasteiger partial charge is 0.462 e. The summed E-state index contributed by atoms with van der Waals surface area (Å²) in [5.41, 5.74) is 16.0. The molecule has 0 unspecified atom stereocenters. The van der Waals surface area contributed by atoms with E-state index in [0.29, 0.717) is 69.7 Å². The molecule has 14 nitrogen and oxygen atoms in total.